The van der Waals surface area contributed by atoms with E-state index >= 15 is 0 Å². The van der Waals surface area contributed by atoms with Gasteiger partial charge in [-0.15, -0.1) is 0 Å². The quantitative estimate of drug-likeness (QED) is 0.828. The van der Waals surface area contributed by atoms with Gasteiger partial charge in [-0.3, -0.25) is 0 Å². The van der Waals surface area contributed by atoms with Gasteiger partial charge in [0.25, 0.3) is 0 Å². The van der Waals surface area contributed by atoms with Crippen LogP contribution in [0.1, 0.15) is 25.3 Å². The SMILES string of the molecule is CCN(CC1CCCO1)S(=O)(=O)c1ccc(N)cc1C#N. The van der Waals surface area contributed by atoms with Gasteiger partial charge in [0, 0.05) is 25.4 Å². The van der Waals surface area contributed by atoms with Crippen molar-refractivity contribution in [1.29, 1.82) is 5.26 Å². The summed E-state index contributed by atoms with van der Waals surface area (Å²) in [5.74, 6) is 0. The summed E-state index contributed by atoms with van der Waals surface area (Å²) in [4.78, 5) is -0.000882. The number of nitrogens with zero attached hydrogens (tertiary/aromatic N) is 2. The van der Waals surface area contributed by atoms with Crippen LogP contribution in [-0.2, 0) is 14.8 Å². The molecule has 0 aliphatic carbocycles. The van der Waals surface area contributed by atoms with E-state index in [1.807, 2.05) is 6.07 Å². The molecule has 1 heterocycles. The minimum Gasteiger partial charge on any atom is -0.399 e. The molecule has 0 spiro atoms. The Morgan fingerprint density at radius 3 is 2.86 bits per heavy atom. The minimum absolute atomic E-state index is 0.000882. The van der Waals surface area contributed by atoms with Crippen LogP contribution in [0.5, 0.6) is 0 Å². The molecule has 1 fully saturated rings. The molecule has 1 aromatic rings. The first-order valence-electron chi connectivity index (χ1n) is 6.90. The van der Waals surface area contributed by atoms with Gasteiger partial charge in [0.15, 0.2) is 0 Å². The Kier molecular flexibility index (Phi) is 4.83. The van der Waals surface area contributed by atoms with Crippen molar-refractivity contribution in [2.24, 2.45) is 0 Å². The Morgan fingerprint density at radius 2 is 2.29 bits per heavy atom. The Labute approximate surface area is 125 Å². The average molecular weight is 309 g/mol. The number of ether oxygens (including phenoxy) is 1. The molecule has 0 aromatic heterocycles. The molecule has 1 aliphatic heterocycles. The van der Waals surface area contributed by atoms with Crippen molar-refractivity contribution in [2.75, 3.05) is 25.4 Å². The summed E-state index contributed by atoms with van der Waals surface area (Å²) in [5.41, 5.74) is 6.05. The maximum Gasteiger partial charge on any atom is 0.244 e. The highest BCUT2D eigenvalue weighted by Gasteiger charge is 2.29. The number of rotatable bonds is 5. The van der Waals surface area contributed by atoms with Gasteiger partial charge in [-0.2, -0.15) is 9.57 Å². The fourth-order valence-corrected chi connectivity index (χ4v) is 4.01. The molecule has 7 heteroatoms. The van der Waals surface area contributed by atoms with Crippen LogP contribution in [0.25, 0.3) is 0 Å². The number of benzene rings is 1. The van der Waals surface area contributed by atoms with Crippen LogP contribution in [0.15, 0.2) is 23.1 Å². The third-order valence-corrected chi connectivity index (χ3v) is 5.52. The number of anilines is 1. The standard InChI is InChI=1S/C14H19N3O3S/c1-2-17(10-13-4-3-7-20-13)21(18,19)14-6-5-12(16)8-11(14)9-15/h5-6,8,13H,2-4,7,10,16H2,1H3. The average Bonchev–Trinajstić information content (AvgIpc) is 2.97. The van der Waals surface area contributed by atoms with Gasteiger partial charge in [0.2, 0.25) is 10.0 Å². The van der Waals surface area contributed by atoms with Crippen molar-refractivity contribution in [3.63, 3.8) is 0 Å². The first-order chi connectivity index (χ1) is 9.98. The van der Waals surface area contributed by atoms with E-state index in [-0.39, 0.29) is 16.6 Å². The number of likely N-dealkylation sites (N-methyl/N-ethyl adjacent to an activating group) is 1. The lowest BCUT2D eigenvalue weighted by atomic mass is 10.2. The fourth-order valence-electron chi connectivity index (χ4n) is 2.41. The number of hydrogen-bond donors (Lipinski definition) is 1. The van der Waals surface area contributed by atoms with Gasteiger partial charge in [0.05, 0.1) is 11.7 Å². The largest absolute Gasteiger partial charge is 0.399 e. The van der Waals surface area contributed by atoms with Crippen LogP contribution in [-0.4, -0.2) is 38.5 Å². The van der Waals surface area contributed by atoms with E-state index < -0.39 is 10.0 Å². The van der Waals surface area contributed by atoms with Crippen molar-refractivity contribution >= 4 is 15.7 Å². The molecule has 2 rings (SSSR count). The Hall–Kier alpha value is -1.62. The molecule has 6 nitrogen and oxygen atoms in total. The van der Waals surface area contributed by atoms with Crippen molar-refractivity contribution in [3.8, 4) is 6.07 Å². The van der Waals surface area contributed by atoms with Crippen LogP contribution in [0.2, 0.25) is 0 Å². The molecule has 1 aromatic carbocycles. The highest BCUT2D eigenvalue weighted by atomic mass is 32.2. The summed E-state index contributed by atoms with van der Waals surface area (Å²) in [5, 5.41) is 9.13. The lowest BCUT2D eigenvalue weighted by molar-refractivity contribution is 0.0947. The van der Waals surface area contributed by atoms with Crippen LogP contribution in [0, 0.1) is 11.3 Å². The number of hydrogen-bond acceptors (Lipinski definition) is 5. The normalized spacial score (nSPS) is 18.8. The molecule has 0 saturated carbocycles. The van der Waals surface area contributed by atoms with Crippen molar-refractivity contribution < 1.29 is 13.2 Å². The molecule has 1 aliphatic rings. The molecule has 1 unspecified atom stereocenters. The van der Waals surface area contributed by atoms with E-state index in [9.17, 15) is 8.42 Å². The summed E-state index contributed by atoms with van der Waals surface area (Å²) < 4.78 is 32.3. The predicted molar refractivity (Wildman–Crippen MR) is 79.0 cm³/mol. The van der Waals surface area contributed by atoms with Crippen molar-refractivity contribution in [2.45, 2.75) is 30.8 Å². The highest BCUT2D eigenvalue weighted by Crippen LogP contribution is 2.24. The molecule has 0 radical (unpaired) electrons. The topological polar surface area (TPSA) is 96.4 Å². The van der Waals surface area contributed by atoms with Crippen LogP contribution >= 0.6 is 0 Å². The zero-order valence-electron chi connectivity index (χ0n) is 11.9. The van der Waals surface area contributed by atoms with Crippen LogP contribution < -0.4 is 5.73 Å². The van der Waals surface area contributed by atoms with Gasteiger partial charge in [0.1, 0.15) is 11.0 Å². The molecule has 1 saturated heterocycles. The molecular formula is C14H19N3O3S. The van der Waals surface area contributed by atoms with Gasteiger partial charge in [-0.05, 0) is 31.0 Å². The fraction of sp³-hybridized carbons (Fsp3) is 0.500. The molecule has 21 heavy (non-hydrogen) atoms. The summed E-state index contributed by atoms with van der Waals surface area (Å²) in [6.45, 7) is 3.09. The molecule has 0 bridgehead atoms. The van der Waals surface area contributed by atoms with Crippen LogP contribution in [0.4, 0.5) is 5.69 Å². The first kappa shape index (κ1) is 15.8. The second kappa shape index (κ2) is 6.43. The summed E-state index contributed by atoms with van der Waals surface area (Å²) in [6, 6.07) is 6.16. The third kappa shape index (κ3) is 3.35. The van der Waals surface area contributed by atoms with E-state index in [4.69, 9.17) is 15.7 Å². The van der Waals surface area contributed by atoms with Crippen molar-refractivity contribution in [1.82, 2.24) is 4.31 Å². The maximum absolute atomic E-state index is 12.7. The Bertz CT molecular complexity index is 646. The zero-order chi connectivity index (χ0) is 15.5. The van der Waals surface area contributed by atoms with E-state index in [0.29, 0.717) is 25.4 Å². The van der Waals surface area contributed by atoms with Gasteiger partial charge in [-0.25, -0.2) is 8.42 Å². The Morgan fingerprint density at radius 1 is 1.52 bits per heavy atom. The number of sulfonamides is 1. The van der Waals surface area contributed by atoms with E-state index in [1.165, 1.54) is 22.5 Å². The first-order valence-corrected chi connectivity index (χ1v) is 8.34. The predicted octanol–water partition coefficient (Wildman–Crippen LogP) is 1.33. The summed E-state index contributed by atoms with van der Waals surface area (Å²) >= 11 is 0. The van der Waals surface area contributed by atoms with Crippen molar-refractivity contribution in [3.05, 3.63) is 23.8 Å². The highest BCUT2D eigenvalue weighted by molar-refractivity contribution is 7.89. The molecule has 0 amide bonds. The monoisotopic (exact) mass is 309 g/mol. The van der Waals surface area contributed by atoms with Gasteiger partial charge < -0.3 is 10.5 Å². The number of nitrogen functional groups attached to an aromatic ring is 1. The molecule has 114 valence electrons. The lowest BCUT2D eigenvalue weighted by Gasteiger charge is -2.23. The lowest BCUT2D eigenvalue weighted by Crippen LogP contribution is -2.37. The second-order valence-electron chi connectivity index (χ2n) is 4.96. The van der Waals surface area contributed by atoms with Gasteiger partial charge >= 0.3 is 0 Å². The molecule has 2 N–H and O–H groups in total. The van der Waals surface area contributed by atoms with Crippen LogP contribution in [0.3, 0.4) is 0 Å². The molecule has 1 atom stereocenters. The summed E-state index contributed by atoms with van der Waals surface area (Å²) in [7, 11) is -3.72. The smallest absolute Gasteiger partial charge is 0.244 e. The second-order valence-corrected chi connectivity index (χ2v) is 6.86. The van der Waals surface area contributed by atoms with Gasteiger partial charge in [-0.1, -0.05) is 6.92 Å². The third-order valence-electron chi connectivity index (χ3n) is 3.53. The molecular weight excluding hydrogens is 290 g/mol. The van der Waals surface area contributed by atoms with E-state index in [0.717, 1.165) is 12.8 Å². The number of nitriles is 1. The maximum atomic E-state index is 12.7. The zero-order valence-corrected chi connectivity index (χ0v) is 12.8. The Balaban J connectivity index is 2.32. The summed E-state index contributed by atoms with van der Waals surface area (Å²) in [6.07, 6.45) is 1.74. The van der Waals surface area contributed by atoms with E-state index in [2.05, 4.69) is 0 Å². The van der Waals surface area contributed by atoms with E-state index in [1.54, 1.807) is 6.92 Å². The minimum atomic E-state index is -3.72. The number of nitrogens with two attached hydrogens (primary N) is 1.